The number of hydrogen-bond acceptors (Lipinski definition) is 7. The summed E-state index contributed by atoms with van der Waals surface area (Å²) >= 11 is 0. The summed E-state index contributed by atoms with van der Waals surface area (Å²) in [6.07, 6.45) is 4.90. The first-order chi connectivity index (χ1) is 17.0. The molecular formula is C27H41N5O4. The lowest BCUT2D eigenvalue weighted by Gasteiger charge is -2.38. The van der Waals surface area contributed by atoms with E-state index < -0.39 is 11.7 Å². The molecule has 0 aromatic carbocycles. The van der Waals surface area contributed by atoms with E-state index in [0.29, 0.717) is 25.7 Å². The Labute approximate surface area is 214 Å². The van der Waals surface area contributed by atoms with Gasteiger partial charge in [0, 0.05) is 38.4 Å². The number of carbonyl (C=O) groups is 1. The number of pyridine rings is 1. The van der Waals surface area contributed by atoms with Gasteiger partial charge >= 0.3 is 6.09 Å². The number of aliphatic hydroxyl groups is 1. The second-order valence-electron chi connectivity index (χ2n) is 11.1. The smallest absolute Gasteiger partial charge is 0.410 e. The number of amides is 1. The van der Waals surface area contributed by atoms with Crippen LogP contribution in [0.4, 0.5) is 10.5 Å². The minimum Gasteiger partial charge on any atom is -0.444 e. The van der Waals surface area contributed by atoms with E-state index in [1.165, 1.54) is 0 Å². The van der Waals surface area contributed by atoms with Gasteiger partial charge in [-0.25, -0.2) is 9.78 Å². The molecule has 2 aliphatic rings. The van der Waals surface area contributed by atoms with E-state index in [2.05, 4.69) is 21.8 Å². The predicted molar refractivity (Wildman–Crippen MR) is 141 cm³/mol. The molecule has 198 valence electrons. The van der Waals surface area contributed by atoms with E-state index in [4.69, 9.17) is 9.47 Å². The van der Waals surface area contributed by atoms with Crippen LogP contribution >= 0.6 is 0 Å². The number of morpholine rings is 1. The normalized spacial score (nSPS) is 20.9. The first kappa shape index (κ1) is 26.4. The van der Waals surface area contributed by atoms with Crippen LogP contribution in [0.5, 0.6) is 0 Å². The third kappa shape index (κ3) is 6.38. The number of rotatable bonds is 6. The molecule has 2 saturated heterocycles. The van der Waals surface area contributed by atoms with Crippen LogP contribution in [-0.2, 0) is 9.47 Å². The number of aliphatic hydroxyl groups excluding tert-OH is 1. The maximum atomic E-state index is 12.5. The number of ether oxygens (including phenoxy) is 2. The standard InChI is InChI=1S/C27H41N5O4/c1-18(2)24-14-28-25-23(13-20(19(3)33)15-32(24)25)29-21-7-9-30(10-8-21)16-22-17-31(11-12-35-22)26(34)36-27(4,5)6/h13-15,19,21-22,29,33H,1,7-12,16-17H2,2-6H3/t19?,22-/m1/s1. The fraction of sp³-hybridized carbons (Fsp3) is 0.630. The second kappa shape index (κ2) is 10.8. The Kier molecular flexibility index (Phi) is 7.92. The molecule has 9 heteroatoms. The number of anilines is 1. The highest BCUT2D eigenvalue weighted by Gasteiger charge is 2.30. The molecule has 2 fully saturated rings. The highest BCUT2D eigenvalue weighted by Crippen LogP contribution is 2.28. The molecule has 0 saturated carbocycles. The van der Waals surface area contributed by atoms with Crippen molar-refractivity contribution in [2.24, 2.45) is 0 Å². The Hall–Kier alpha value is -2.62. The van der Waals surface area contributed by atoms with Crippen LogP contribution in [0.1, 0.15) is 64.8 Å². The Balaban J connectivity index is 1.34. The number of nitrogens with one attached hydrogen (secondary N) is 1. The highest BCUT2D eigenvalue weighted by molar-refractivity contribution is 5.73. The summed E-state index contributed by atoms with van der Waals surface area (Å²) in [6.45, 7) is 17.8. The van der Waals surface area contributed by atoms with Gasteiger partial charge in [-0.05, 0) is 64.7 Å². The molecule has 9 nitrogen and oxygen atoms in total. The van der Waals surface area contributed by atoms with Crippen LogP contribution in [0, 0.1) is 0 Å². The van der Waals surface area contributed by atoms with Crippen molar-refractivity contribution in [2.45, 2.75) is 71.3 Å². The van der Waals surface area contributed by atoms with Crippen LogP contribution in [0.25, 0.3) is 11.2 Å². The number of likely N-dealkylation sites (tertiary alicyclic amines) is 1. The zero-order valence-electron chi connectivity index (χ0n) is 22.3. The second-order valence-corrected chi connectivity index (χ2v) is 11.1. The van der Waals surface area contributed by atoms with Gasteiger partial charge in [0.15, 0.2) is 5.65 Å². The molecule has 4 heterocycles. The molecule has 2 aromatic heterocycles. The number of piperidine rings is 1. The monoisotopic (exact) mass is 499 g/mol. The predicted octanol–water partition coefficient (Wildman–Crippen LogP) is 3.93. The Morgan fingerprint density at radius 1 is 1.33 bits per heavy atom. The first-order valence-corrected chi connectivity index (χ1v) is 12.9. The summed E-state index contributed by atoms with van der Waals surface area (Å²) in [5, 5.41) is 13.9. The Morgan fingerprint density at radius 3 is 2.69 bits per heavy atom. The zero-order valence-corrected chi connectivity index (χ0v) is 22.3. The van der Waals surface area contributed by atoms with Gasteiger partial charge < -0.3 is 29.7 Å². The molecule has 0 bridgehead atoms. The number of fused-ring (bicyclic) bond motifs is 1. The van der Waals surface area contributed by atoms with Gasteiger partial charge in [-0.1, -0.05) is 6.58 Å². The minimum absolute atomic E-state index is 0.0105. The Bertz CT molecular complexity index is 1080. The maximum absolute atomic E-state index is 12.5. The van der Waals surface area contributed by atoms with Crippen molar-refractivity contribution in [2.75, 3.05) is 44.6 Å². The zero-order chi connectivity index (χ0) is 26.0. The number of nitrogens with zero attached hydrogens (tertiary/aromatic N) is 4. The van der Waals surface area contributed by atoms with Gasteiger partial charge in [0.2, 0.25) is 0 Å². The summed E-state index contributed by atoms with van der Waals surface area (Å²) in [4.78, 5) is 21.3. The largest absolute Gasteiger partial charge is 0.444 e. The summed E-state index contributed by atoms with van der Waals surface area (Å²) < 4.78 is 13.5. The fourth-order valence-corrected chi connectivity index (χ4v) is 4.85. The van der Waals surface area contributed by atoms with Crippen molar-refractivity contribution in [1.29, 1.82) is 0 Å². The highest BCUT2D eigenvalue weighted by atomic mass is 16.6. The van der Waals surface area contributed by atoms with Crippen molar-refractivity contribution >= 4 is 23.0 Å². The van der Waals surface area contributed by atoms with Gasteiger partial charge in [-0.15, -0.1) is 0 Å². The third-order valence-corrected chi connectivity index (χ3v) is 6.75. The van der Waals surface area contributed by atoms with E-state index in [1.807, 2.05) is 50.6 Å². The summed E-state index contributed by atoms with van der Waals surface area (Å²) in [7, 11) is 0. The Morgan fingerprint density at radius 2 is 2.06 bits per heavy atom. The van der Waals surface area contributed by atoms with Gasteiger partial charge in [0.1, 0.15) is 5.60 Å². The number of carbonyl (C=O) groups excluding carboxylic acids is 1. The van der Waals surface area contributed by atoms with E-state index >= 15 is 0 Å². The molecule has 0 radical (unpaired) electrons. The molecular weight excluding hydrogens is 458 g/mol. The van der Waals surface area contributed by atoms with Crippen LogP contribution in [-0.4, -0.2) is 87.5 Å². The van der Waals surface area contributed by atoms with Gasteiger partial charge in [-0.2, -0.15) is 0 Å². The molecule has 2 atom stereocenters. The molecule has 0 spiro atoms. The topological polar surface area (TPSA) is 91.6 Å². The van der Waals surface area contributed by atoms with E-state index in [-0.39, 0.29) is 12.2 Å². The number of imidazole rings is 1. The fourth-order valence-electron chi connectivity index (χ4n) is 4.85. The number of allylic oxidation sites excluding steroid dienone is 1. The molecule has 0 aliphatic carbocycles. The van der Waals surface area contributed by atoms with Gasteiger partial charge in [-0.3, -0.25) is 4.40 Å². The van der Waals surface area contributed by atoms with Gasteiger partial charge in [0.25, 0.3) is 0 Å². The summed E-state index contributed by atoms with van der Waals surface area (Å²) in [5.41, 5.74) is 3.99. The average molecular weight is 500 g/mol. The molecule has 36 heavy (non-hydrogen) atoms. The average Bonchev–Trinajstić information content (AvgIpc) is 3.24. The summed E-state index contributed by atoms with van der Waals surface area (Å²) in [5.74, 6) is 0. The molecule has 2 N–H and O–H groups in total. The number of aromatic nitrogens is 2. The molecule has 2 aromatic rings. The van der Waals surface area contributed by atoms with Gasteiger partial charge in [0.05, 0.1) is 42.9 Å². The van der Waals surface area contributed by atoms with Crippen molar-refractivity contribution in [3.63, 3.8) is 0 Å². The third-order valence-electron chi connectivity index (χ3n) is 6.75. The maximum Gasteiger partial charge on any atom is 0.410 e. The van der Waals surface area contributed by atoms with Crippen molar-refractivity contribution in [3.8, 4) is 0 Å². The van der Waals surface area contributed by atoms with Crippen LogP contribution in [0.15, 0.2) is 25.0 Å². The molecule has 4 rings (SSSR count). The van der Waals surface area contributed by atoms with Crippen LogP contribution in [0.3, 0.4) is 0 Å². The SMILES string of the molecule is C=C(C)c1cnc2c(NC3CCN(C[C@@H]4CN(C(=O)OC(C)(C)C)CCO4)CC3)cc(C(C)O)cn12. The molecule has 2 aliphatic heterocycles. The number of hydrogen-bond donors (Lipinski definition) is 2. The van der Waals surface area contributed by atoms with E-state index in [1.54, 1.807) is 11.8 Å². The molecule has 1 unspecified atom stereocenters. The van der Waals surface area contributed by atoms with Crippen molar-refractivity contribution in [1.82, 2.24) is 19.2 Å². The van der Waals surface area contributed by atoms with Crippen molar-refractivity contribution < 1.29 is 19.4 Å². The van der Waals surface area contributed by atoms with E-state index in [9.17, 15) is 9.90 Å². The van der Waals surface area contributed by atoms with Crippen LogP contribution in [0.2, 0.25) is 0 Å². The lowest BCUT2D eigenvalue weighted by molar-refractivity contribution is -0.0538. The first-order valence-electron chi connectivity index (χ1n) is 12.9. The minimum atomic E-state index is -0.576. The molecule has 1 amide bonds. The summed E-state index contributed by atoms with van der Waals surface area (Å²) in [6, 6.07) is 2.31. The lowest BCUT2D eigenvalue weighted by Crippen LogP contribution is -2.52. The quantitative estimate of drug-likeness (QED) is 0.622. The van der Waals surface area contributed by atoms with Crippen molar-refractivity contribution in [3.05, 3.63) is 36.3 Å². The van der Waals surface area contributed by atoms with E-state index in [0.717, 1.165) is 60.6 Å². The lowest BCUT2D eigenvalue weighted by atomic mass is 10.0. The van der Waals surface area contributed by atoms with Crippen LogP contribution < -0.4 is 5.32 Å².